The zero-order chi connectivity index (χ0) is 13.1. The smallest absolute Gasteiger partial charge is 0.309 e. The second-order valence-electron chi connectivity index (χ2n) is 3.72. The van der Waals surface area contributed by atoms with Crippen molar-refractivity contribution in [3.8, 4) is 5.88 Å². The zero-order valence-corrected chi connectivity index (χ0v) is 10.7. The molecule has 0 atom stereocenters. The van der Waals surface area contributed by atoms with Gasteiger partial charge >= 0.3 is 5.97 Å². The molecule has 18 heavy (non-hydrogen) atoms. The lowest BCUT2D eigenvalue weighted by atomic mass is 10.3. The highest BCUT2D eigenvalue weighted by atomic mass is 35.5. The first-order chi connectivity index (χ1) is 8.56. The molecule has 1 aromatic carbocycles. The molecule has 2 rings (SSSR count). The highest BCUT2D eigenvalue weighted by Crippen LogP contribution is 2.20. The molecular formula is C12H12ClN3O2. The number of rotatable bonds is 3. The topological polar surface area (TPSA) is 56.1 Å². The number of hydrogen-bond acceptors (Lipinski definition) is 4. The number of anilines is 1. The number of esters is 1. The predicted molar refractivity (Wildman–Crippen MR) is 68.7 cm³/mol. The van der Waals surface area contributed by atoms with Crippen LogP contribution in [-0.4, -0.2) is 15.6 Å². The van der Waals surface area contributed by atoms with Crippen LogP contribution in [0.25, 0.3) is 0 Å². The normalized spacial score (nSPS) is 10.2. The highest BCUT2D eigenvalue weighted by Gasteiger charge is 2.11. The van der Waals surface area contributed by atoms with Crippen LogP contribution in [0.2, 0.25) is 5.02 Å². The van der Waals surface area contributed by atoms with Crippen molar-refractivity contribution in [3.63, 3.8) is 0 Å². The summed E-state index contributed by atoms with van der Waals surface area (Å²) in [4.78, 5) is 15.1. The van der Waals surface area contributed by atoms with E-state index in [9.17, 15) is 4.79 Å². The maximum absolute atomic E-state index is 11.0. The fourth-order valence-electron chi connectivity index (χ4n) is 1.46. The zero-order valence-electron chi connectivity index (χ0n) is 9.98. The third-order valence-corrected chi connectivity index (χ3v) is 2.44. The van der Waals surface area contributed by atoms with Crippen molar-refractivity contribution in [2.24, 2.45) is 0 Å². The van der Waals surface area contributed by atoms with Gasteiger partial charge in [-0.3, -0.25) is 10.2 Å². The van der Waals surface area contributed by atoms with Gasteiger partial charge in [-0.05, 0) is 25.1 Å². The number of benzene rings is 1. The van der Waals surface area contributed by atoms with Gasteiger partial charge in [0.1, 0.15) is 12.0 Å². The lowest BCUT2D eigenvalue weighted by Crippen LogP contribution is -2.13. The summed E-state index contributed by atoms with van der Waals surface area (Å²) in [5.74, 6) is -0.0322. The van der Waals surface area contributed by atoms with E-state index in [1.165, 1.54) is 17.9 Å². The molecule has 0 bridgehead atoms. The van der Waals surface area contributed by atoms with Crippen LogP contribution in [0.3, 0.4) is 0 Å². The fraction of sp³-hybridized carbons (Fsp3) is 0.167. The Morgan fingerprint density at radius 1 is 1.50 bits per heavy atom. The number of nitrogens with one attached hydrogen (secondary N) is 1. The molecule has 0 unspecified atom stereocenters. The first-order valence-corrected chi connectivity index (χ1v) is 5.69. The summed E-state index contributed by atoms with van der Waals surface area (Å²) in [7, 11) is 0. The molecule has 94 valence electrons. The molecule has 1 N–H and O–H groups in total. The van der Waals surface area contributed by atoms with Crippen LogP contribution in [0.5, 0.6) is 5.88 Å². The molecule has 1 aromatic heterocycles. The predicted octanol–water partition coefficient (Wildman–Crippen LogP) is 2.65. The van der Waals surface area contributed by atoms with Gasteiger partial charge in [0.25, 0.3) is 0 Å². The van der Waals surface area contributed by atoms with E-state index in [1.807, 2.05) is 12.1 Å². The van der Waals surface area contributed by atoms with E-state index in [0.29, 0.717) is 16.6 Å². The van der Waals surface area contributed by atoms with Crippen molar-refractivity contribution < 1.29 is 9.53 Å². The molecule has 5 nitrogen and oxygen atoms in total. The summed E-state index contributed by atoms with van der Waals surface area (Å²) in [6.45, 7) is 3.10. The number of carbonyl (C=O) groups is 1. The number of aryl methyl sites for hydroxylation is 1. The van der Waals surface area contributed by atoms with Gasteiger partial charge in [-0.1, -0.05) is 17.7 Å². The van der Waals surface area contributed by atoms with Gasteiger partial charge in [0.2, 0.25) is 5.88 Å². The Balaban J connectivity index is 2.26. The van der Waals surface area contributed by atoms with E-state index in [1.54, 1.807) is 19.1 Å². The van der Waals surface area contributed by atoms with Crippen molar-refractivity contribution in [2.45, 2.75) is 13.8 Å². The van der Waals surface area contributed by atoms with Gasteiger partial charge in [-0.2, -0.15) is 0 Å². The van der Waals surface area contributed by atoms with Crippen LogP contribution in [0, 0.1) is 6.92 Å². The Morgan fingerprint density at radius 3 is 2.94 bits per heavy atom. The van der Waals surface area contributed by atoms with Gasteiger partial charge in [0.15, 0.2) is 0 Å². The number of halogens is 1. The Morgan fingerprint density at radius 2 is 2.28 bits per heavy atom. The Bertz CT molecular complexity index is 580. The summed E-state index contributed by atoms with van der Waals surface area (Å²) in [6, 6.07) is 7.20. The van der Waals surface area contributed by atoms with Gasteiger partial charge in [0, 0.05) is 11.9 Å². The first kappa shape index (κ1) is 12.4. The summed E-state index contributed by atoms with van der Waals surface area (Å²) in [5.41, 5.74) is 4.43. The molecule has 0 saturated carbocycles. The summed E-state index contributed by atoms with van der Waals surface area (Å²) < 4.78 is 6.61. The molecule has 1 heterocycles. The van der Waals surface area contributed by atoms with Crippen molar-refractivity contribution in [1.29, 1.82) is 0 Å². The number of hydrogen-bond donors (Lipinski definition) is 1. The van der Waals surface area contributed by atoms with Gasteiger partial charge in [-0.25, -0.2) is 9.66 Å². The number of carbonyl (C=O) groups excluding carboxylic acids is 1. The summed E-state index contributed by atoms with van der Waals surface area (Å²) in [5, 5.41) is 0.617. The Kier molecular flexibility index (Phi) is 3.53. The lowest BCUT2D eigenvalue weighted by Gasteiger charge is -2.10. The number of nitrogens with zero attached hydrogens (tertiary/aromatic N) is 2. The van der Waals surface area contributed by atoms with E-state index < -0.39 is 5.97 Å². The average Bonchev–Trinajstić information content (AvgIpc) is 2.61. The van der Waals surface area contributed by atoms with Gasteiger partial charge in [-0.15, -0.1) is 0 Å². The summed E-state index contributed by atoms with van der Waals surface area (Å²) in [6.07, 6.45) is 1.54. The third kappa shape index (κ3) is 2.81. The number of imidazole rings is 1. The van der Waals surface area contributed by atoms with Crippen molar-refractivity contribution in [2.75, 3.05) is 5.43 Å². The van der Waals surface area contributed by atoms with Crippen LogP contribution in [0.4, 0.5) is 5.69 Å². The van der Waals surface area contributed by atoms with Crippen LogP contribution in [0.15, 0.2) is 30.6 Å². The Hall–Kier alpha value is -2.01. The van der Waals surface area contributed by atoms with E-state index in [2.05, 4.69) is 10.4 Å². The molecule has 0 aliphatic heterocycles. The van der Waals surface area contributed by atoms with E-state index in [4.69, 9.17) is 16.3 Å². The molecule has 6 heteroatoms. The minimum atomic E-state index is -0.396. The third-order valence-electron chi connectivity index (χ3n) is 2.21. The molecule has 2 aromatic rings. The number of ether oxygens (including phenoxy) is 1. The minimum absolute atomic E-state index is 0.363. The van der Waals surface area contributed by atoms with Crippen LogP contribution in [-0.2, 0) is 4.79 Å². The molecule has 0 fully saturated rings. The van der Waals surface area contributed by atoms with Gasteiger partial charge < -0.3 is 4.74 Å². The van der Waals surface area contributed by atoms with Crippen molar-refractivity contribution in [1.82, 2.24) is 9.66 Å². The average molecular weight is 266 g/mol. The highest BCUT2D eigenvalue weighted by molar-refractivity contribution is 6.30. The molecule has 0 radical (unpaired) electrons. The van der Waals surface area contributed by atoms with Crippen LogP contribution >= 0.6 is 11.6 Å². The van der Waals surface area contributed by atoms with Crippen LogP contribution in [0.1, 0.15) is 12.6 Å². The second kappa shape index (κ2) is 5.10. The monoisotopic (exact) mass is 265 g/mol. The number of aromatic nitrogens is 2. The van der Waals surface area contributed by atoms with E-state index in [-0.39, 0.29) is 0 Å². The molecule has 0 aliphatic rings. The summed E-state index contributed by atoms with van der Waals surface area (Å²) >= 11 is 5.89. The largest absolute Gasteiger partial charge is 0.406 e. The van der Waals surface area contributed by atoms with Crippen molar-refractivity contribution >= 4 is 23.3 Å². The molecule has 0 saturated heterocycles. The van der Waals surface area contributed by atoms with Crippen LogP contribution < -0.4 is 10.2 Å². The first-order valence-electron chi connectivity index (χ1n) is 5.31. The fourth-order valence-corrected chi connectivity index (χ4v) is 1.65. The SMILES string of the molecule is CC(=O)Oc1c(C)ncn1Nc1cccc(Cl)c1. The maximum Gasteiger partial charge on any atom is 0.309 e. The molecule has 0 amide bonds. The minimum Gasteiger partial charge on any atom is -0.406 e. The molecule has 0 spiro atoms. The second-order valence-corrected chi connectivity index (χ2v) is 4.16. The molecular weight excluding hydrogens is 254 g/mol. The lowest BCUT2D eigenvalue weighted by molar-refractivity contribution is -0.132. The van der Waals surface area contributed by atoms with E-state index in [0.717, 1.165) is 5.69 Å². The Labute approximate surface area is 109 Å². The van der Waals surface area contributed by atoms with E-state index >= 15 is 0 Å². The van der Waals surface area contributed by atoms with Crippen molar-refractivity contribution in [3.05, 3.63) is 41.3 Å². The molecule has 0 aliphatic carbocycles. The maximum atomic E-state index is 11.0. The standard InChI is InChI=1S/C12H12ClN3O2/c1-8-12(18-9(2)17)16(7-14-8)15-11-5-3-4-10(13)6-11/h3-7,15H,1-2H3. The quantitative estimate of drug-likeness (QED) is 0.867. The van der Waals surface area contributed by atoms with Gasteiger partial charge in [0.05, 0.1) is 5.69 Å².